The number of anilines is 3. The zero-order valence-corrected chi connectivity index (χ0v) is 29.2. The van der Waals surface area contributed by atoms with E-state index in [-0.39, 0.29) is 0 Å². The standard InChI is InChI=1S/C50H33NS/c1-3-12-38-32-40(22-20-34(38)10-1)36-24-28-42(29-25-36)51(48-18-7-5-14-44(48)41-23-21-35-11-2-4-13-39(35)33-41)43-30-26-37(27-31-43)45-16-9-17-47-46-15-6-8-19-49(46)52-50(45)47/h1-33H. The number of nitrogens with zero attached hydrogens (tertiary/aromatic N) is 1. The van der Waals surface area contributed by atoms with Gasteiger partial charge in [0.25, 0.3) is 0 Å². The van der Waals surface area contributed by atoms with Crippen molar-refractivity contribution in [2.24, 2.45) is 0 Å². The van der Waals surface area contributed by atoms with Crippen molar-refractivity contribution in [3.8, 4) is 33.4 Å². The van der Waals surface area contributed by atoms with Gasteiger partial charge in [0, 0.05) is 37.1 Å². The van der Waals surface area contributed by atoms with Crippen LogP contribution < -0.4 is 4.90 Å². The lowest BCUT2D eigenvalue weighted by atomic mass is 9.98. The first-order chi connectivity index (χ1) is 25.8. The largest absolute Gasteiger partial charge is 0.310 e. The average molecular weight is 680 g/mol. The van der Waals surface area contributed by atoms with Crippen LogP contribution in [0.4, 0.5) is 17.1 Å². The van der Waals surface area contributed by atoms with Crippen LogP contribution >= 0.6 is 11.3 Å². The third-order valence-electron chi connectivity index (χ3n) is 10.3. The predicted molar refractivity (Wildman–Crippen MR) is 225 cm³/mol. The molecule has 244 valence electrons. The molecule has 0 fully saturated rings. The highest BCUT2D eigenvalue weighted by molar-refractivity contribution is 7.26. The maximum atomic E-state index is 2.40. The van der Waals surface area contributed by atoms with Gasteiger partial charge in [-0.05, 0) is 97.9 Å². The van der Waals surface area contributed by atoms with Gasteiger partial charge < -0.3 is 4.90 Å². The van der Waals surface area contributed by atoms with Gasteiger partial charge in [0.1, 0.15) is 0 Å². The molecule has 0 unspecified atom stereocenters. The molecule has 10 aromatic rings. The molecule has 0 aliphatic rings. The number of benzene rings is 9. The van der Waals surface area contributed by atoms with Gasteiger partial charge in [-0.2, -0.15) is 0 Å². The number of rotatable bonds is 6. The molecule has 9 aromatic carbocycles. The SMILES string of the molecule is c1ccc(N(c2ccc(-c3ccc4ccccc4c3)cc2)c2ccc(-c3cccc4c3sc3ccccc34)cc2)c(-c2ccc3ccccc3c2)c1. The van der Waals surface area contributed by atoms with Crippen molar-refractivity contribution in [3.63, 3.8) is 0 Å². The lowest BCUT2D eigenvalue weighted by Gasteiger charge is -2.28. The Labute approximate surface area is 307 Å². The van der Waals surface area contributed by atoms with E-state index in [9.17, 15) is 0 Å². The summed E-state index contributed by atoms with van der Waals surface area (Å²) in [6.07, 6.45) is 0. The molecule has 2 heteroatoms. The summed E-state index contributed by atoms with van der Waals surface area (Å²) in [5, 5.41) is 7.63. The Bertz CT molecular complexity index is 2900. The van der Waals surface area contributed by atoms with Gasteiger partial charge in [0.15, 0.2) is 0 Å². The first-order valence-corrected chi connectivity index (χ1v) is 18.6. The lowest BCUT2D eigenvalue weighted by molar-refractivity contribution is 1.28. The van der Waals surface area contributed by atoms with Crippen molar-refractivity contribution in [3.05, 3.63) is 200 Å². The fourth-order valence-electron chi connectivity index (χ4n) is 7.63. The number of fused-ring (bicyclic) bond motifs is 5. The molecule has 52 heavy (non-hydrogen) atoms. The summed E-state index contributed by atoms with van der Waals surface area (Å²) in [5.41, 5.74) is 10.6. The van der Waals surface area contributed by atoms with Gasteiger partial charge in [-0.3, -0.25) is 0 Å². The summed E-state index contributed by atoms with van der Waals surface area (Å²) in [6.45, 7) is 0. The molecule has 0 N–H and O–H groups in total. The topological polar surface area (TPSA) is 3.24 Å². The molecule has 0 saturated heterocycles. The van der Waals surface area contributed by atoms with Crippen LogP contribution in [0.5, 0.6) is 0 Å². The first-order valence-electron chi connectivity index (χ1n) is 17.8. The Hall–Kier alpha value is -6.48. The number of hydrogen-bond donors (Lipinski definition) is 0. The highest BCUT2D eigenvalue weighted by Gasteiger charge is 2.18. The quantitative estimate of drug-likeness (QED) is 0.169. The Kier molecular flexibility index (Phi) is 7.41. The fourth-order valence-corrected chi connectivity index (χ4v) is 8.87. The molecule has 0 atom stereocenters. The number of thiophene rings is 1. The zero-order valence-electron chi connectivity index (χ0n) is 28.4. The molecule has 0 aliphatic carbocycles. The zero-order chi connectivity index (χ0) is 34.4. The molecule has 0 bridgehead atoms. The van der Waals surface area contributed by atoms with Crippen LogP contribution in [-0.2, 0) is 0 Å². The lowest BCUT2D eigenvalue weighted by Crippen LogP contribution is -2.11. The maximum absolute atomic E-state index is 2.40. The van der Waals surface area contributed by atoms with Crippen molar-refractivity contribution in [2.75, 3.05) is 4.90 Å². The van der Waals surface area contributed by atoms with Crippen molar-refractivity contribution in [1.82, 2.24) is 0 Å². The van der Waals surface area contributed by atoms with Crippen LogP contribution in [0.1, 0.15) is 0 Å². The van der Waals surface area contributed by atoms with Crippen molar-refractivity contribution in [1.29, 1.82) is 0 Å². The van der Waals surface area contributed by atoms with Gasteiger partial charge in [-0.1, -0.05) is 152 Å². The van der Waals surface area contributed by atoms with Gasteiger partial charge in [0.2, 0.25) is 0 Å². The molecular formula is C50H33NS. The minimum absolute atomic E-state index is 1.11. The third kappa shape index (κ3) is 5.33. The molecule has 0 aliphatic heterocycles. The van der Waals surface area contributed by atoms with Crippen molar-refractivity contribution < 1.29 is 0 Å². The normalized spacial score (nSPS) is 11.5. The van der Waals surface area contributed by atoms with E-state index in [4.69, 9.17) is 0 Å². The van der Waals surface area contributed by atoms with E-state index < -0.39 is 0 Å². The fraction of sp³-hybridized carbons (Fsp3) is 0. The van der Waals surface area contributed by atoms with Gasteiger partial charge in [-0.25, -0.2) is 0 Å². The Balaban J connectivity index is 1.10. The molecule has 0 amide bonds. The molecule has 1 aromatic heterocycles. The summed E-state index contributed by atoms with van der Waals surface area (Å²) < 4.78 is 2.66. The Morgan fingerprint density at radius 3 is 1.58 bits per heavy atom. The smallest absolute Gasteiger partial charge is 0.0540 e. The van der Waals surface area contributed by atoms with Crippen LogP contribution in [0, 0.1) is 0 Å². The first kappa shape index (κ1) is 30.4. The van der Waals surface area contributed by atoms with E-state index in [1.165, 1.54) is 75.1 Å². The summed E-state index contributed by atoms with van der Waals surface area (Å²) in [4.78, 5) is 2.40. The van der Waals surface area contributed by atoms with E-state index in [2.05, 4.69) is 205 Å². The second-order valence-electron chi connectivity index (χ2n) is 13.4. The molecule has 10 rings (SSSR count). The highest BCUT2D eigenvalue weighted by Crippen LogP contribution is 2.44. The molecule has 0 saturated carbocycles. The molecule has 1 heterocycles. The molecular weight excluding hydrogens is 647 g/mol. The second kappa shape index (κ2) is 12.7. The monoisotopic (exact) mass is 679 g/mol. The second-order valence-corrected chi connectivity index (χ2v) is 14.4. The molecule has 0 spiro atoms. The summed E-state index contributed by atoms with van der Waals surface area (Å²) in [7, 11) is 0. The van der Waals surface area contributed by atoms with Crippen LogP contribution in [-0.4, -0.2) is 0 Å². The van der Waals surface area contributed by atoms with Crippen LogP contribution in [0.15, 0.2) is 200 Å². The molecule has 0 radical (unpaired) electrons. The number of para-hydroxylation sites is 1. The maximum Gasteiger partial charge on any atom is 0.0540 e. The average Bonchev–Trinajstić information content (AvgIpc) is 3.60. The predicted octanol–water partition coefficient (Wildman–Crippen LogP) is 14.8. The van der Waals surface area contributed by atoms with Crippen molar-refractivity contribution in [2.45, 2.75) is 0 Å². The van der Waals surface area contributed by atoms with Gasteiger partial charge in [-0.15, -0.1) is 11.3 Å². The van der Waals surface area contributed by atoms with E-state index in [1.807, 2.05) is 11.3 Å². The minimum atomic E-state index is 1.11. The third-order valence-corrected chi connectivity index (χ3v) is 11.5. The van der Waals surface area contributed by atoms with E-state index in [0.29, 0.717) is 0 Å². The van der Waals surface area contributed by atoms with E-state index in [0.717, 1.165) is 17.1 Å². The highest BCUT2D eigenvalue weighted by atomic mass is 32.1. The minimum Gasteiger partial charge on any atom is -0.310 e. The van der Waals surface area contributed by atoms with E-state index >= 15 is 0 Å². The van der Waals surface area contributed by atoms with Gasteiger partial charge >= 0.3 is 0 Å². The number of hydrogen-bond acceptors (Lipinski definition) is 2. The van der Waals surface area contributed by atoms with Gasteiger partial charge in [0.05, 0.1) is 5.69 Å². The van der Waals surface area contributed by atoms with E-state index in [1.54, 1.807) is 0 Å². The Morgan fingerprint density at radius 2 is 0.846 bits per heavy atom. The summed E-state index contributed by atoms with van der Waals surface area (Å²) >= 11 is 1.88. The van der Waals surface area contributed by atoms with Crippen LogP contribution in [0.25, 0.3) is 75.1 Å². The van der Waals surface area contributed by atoms with Crippen LogP contribution in [0.2, 0.25) is 0 Å². The summed E-state index contributed by atoms with van der Waals surface area (Å²) in [6, 6.07) is 73.0. The van der Waals surface area contributed by atoms with Crippen LogP contribution in [0.3, 0.4) is 0 Å². The Morgan fingerprint density at radius 1 is 0.327 bits per heavy atom. The van der Waals surface area contributed by atoms with Crippen molar-refractivity contribution >= 4 is 70.1 Å². The summed E-state index contributed by atoms with van der Waals surface area (Å²) in [5.74, 6) is 0. The molecule has 1 nitrogen and oxygen atoms in total.